The SMILES string of the molecule is CSCNS(=O)(=O)c1cccc(C(=O)Nc2ccc(F)c(C)c2)c1. The Hall–Kier alpha value is -1.90. The third-order valence-electron chi connectivity index (χ3n) is 3.22. The summed E-state index contributed by atoms with van der Waals surface area (Å²) in [5.74, 6) is -0.586. The Bertz CT molecular complexity index is 854. The molecule has 0 aromatic heterocycles. The van der Waals surface area contributed by atoms with Crippen LogP contribution in [0.4, 0.5) is 10.1 Å². The topological polar surface area (TPSA) is 75.3 Å². The molecule has 0 fully saturated rings. The number of hydrogen-bond acceptors (Lipinski definition) is 4. The summed E-state index contributed by atoms with van der Waals surface area (Å²) in [5.41, 5.74) is 1.04. The molecule has 0 unspecified atom stereocenters. The standard InChI is InChI=1S/C16H17FN2O3S2/c1-11-8-13(6-7-15(11)17)19-16(20)12-4-3-5-14(9-12)24(21,22)18-10-23-2/h3-9,18H,10H2,1-2H3,(H,19,20). The van der Waals surface area contributed by atoms with E-state index in [0.717, 1.165) is 0 Å². The fraction of sp³-hybridized carbons (Fsp3) is 0.188. The lowest BCUT2D eigenvalue weighted by Crippen LogP contribution is -2.23. The smallest absolute Gasteiger partial charge is 0.255 e. The predicted molar refractivity (Wildman–Crippen MR) is 94.2 cm³/mol. The molecule has 128 valence electrons. The van der Waals surface area contributed by atoms with E-state index < -0.39 is 15.9 Å². The van der Waals surface area contributed by atoms with Crippen molar-refractivity contribution in [1.29, 1.82) is 0 Å². The largest absolute Gasteiger partial charge is 0.322 e. The fourth-order valence-electron chi connectivity index (χ4n) is 1.95. The zero-order chi connectivity index (χ0) is 17.7. The monoisotopic (exact) mass is 368 g/mol. The molecule has 2 N–H and O–H groups in total. The molecular weight excluding hydrogens is 351 g/mol. The summed E-state index contributed by atoms with van der Waals surface area (Å²) in [5, 5.41) is 2.62. The zero-order valence-electron chi connectivity index (χ0n) is 13.2. The van der Waals surface area contributed by atoms with Crippen molar-refractivity contribution in [2.45, 2.75) is 11.8 Å². The maximum absolute atomic E-state index is 13.3. The number of carbonyl (C=O) groups excluding carboxylic acids is 1. The van der Waals surface area contributed by atoms with Crippen LogP contribution in [0.3, 0.4) is 0 Å². The van der Waals surface area contributed by atoms with Gasteiger partial charge in [0.2, 0.25) is 10.0 Å². The van der Waals surface area contributed by atoms with Crippen LogP contribution in [0, 0.1) is 12.7 Å². The van der Waals surface area contributed by atoms with Crippen molar-refractivity contribution in [2.75, 3.05) is 17.4 Å². The second-order valence-corrected chi connectivity index (χ2v) is 7.66. The highest BCUT2D eigenvalue weighted by molar-refractivity contribution is 7.99. The Labute approximate surface area is 144 Å². The second-order valence-electron chi connectivity index (χ2n) is 5.03. The number of nitrogens with one attached hydrogen (secondary N) is 2. The number of amides is 1. The number of anilines is 1. The number of carbonyl (C=O) groups is 1. The van der Waals surface area contributed by atoms with Crippen molar-refractivity contribution in [2.24, 2.45) is 0 Å². The molecule has 0 bridgehead atoms. The molecule has 8 heteroatoms. The number of sulfonamides is 1. The Morgan fingerprint density at radius 2 is 1.96 bits per heavy atom. The molecule has 0 atom stereocenters. The molecule has 0 aliphatic heterocycles. The lowest BCUT2D eigenvalue weighted by molar-refractivity contribution is 0.102. The Morgan fingerprint density at radius 1 is 1.21 bits per heavy atom. The van der Waals surface area contributed by atoms with Gasteiger partial charge in [0, 0.05) is 11.3 Å². The number of rotatable bonds is 6. The van der Waals surface area contributed by atoms with Crippen molar-refractivity contribution in [3.05, 3.63) is 59.4 Å². The molecule has 0 aliphatic carbocycles. The van der Waals surface area contributed by atoms with Crippen molar-refractivity contribution < 1.29 is 17.6 Å². The van der Waals surface area contributed by atoms with Crippen LogP contribution in [0.2, 0.25) is 0 Å². The third kappa shape index (κ3) is 4.56. The highest BCUT2D eigenvalue weighted by atomic mass is 32.2. The average Bonchev–Trinajstić information content (AvgIpc) is 2.56. The van der Waals surface area contributed by atoms with Crippen molar-refractivity contribution >= 4 is 33.4 Å². The van der Waals surface area contributed by atoms with Crippen molar-refractivity contribution in [1.82, 2.24) is 4.72 Å². The number of aryl methyl sites for hydroxylation is 1. The molecule has 0 aliphatic rings. The highest BCUT2D eigenvalue weighted by Gasteiger charge is 2.16. The number of hydrogen-bond donors (Lipinski definition) is 2. The van der Waals surface area contributed by atoms with Gasteiger partial charge in [-0.15, -0.1) is 11.8 Å². The molecular formula is C16H17FN2O3S2. The first-order chi connectivity index (χ1) is 11.3. The van der Waals surface area contributed by atoms with E-state index in [4.69, 9.17) is 0 Å². The quantitative estimate of drug-likeness (QED) is 0.769. The van der Waals surface area contributed by atoms with Gasteiger partial charge in [-0.25, -0.2) is 17.5 Å². The summed E-state index contributed by atoms with van der Waals surface area (Å²) in [7, 11) is -3.66. The maximum Gasteiger partial charge on any atom is 0.255 e. The minimum Gasteiger partial charge on any atom is -0.322 e. The average molecular weight is 368 g/mol. The summed E-state index contributed by atoms with van der Waals surface area (Å²) >= 11 is 1.34. The number of thioether (sulfide) groups is 1. The molecule has 0 heterocycles. The molecule has 1 amide bonds. The molecule has 0 spiro atoms. The molecule has 2 aromatic rings. The lowest BCUT2D eigenvalue weighted by atomic mass is 10.2. The van der Waals surface area contributed by atoms with E-state index in [1.54, 1.807) is 13.2 Å². The van der Waals surface area contributed by atoms with Gasteiger partial charge in [-0.2, -0.15) is 0 Å². The second kappa shape index (κ2) is 7.78. The van der Waals surface area contributed by atoms with Gasteiger partial charge in [-0.05, 0) is 55.1 Å². The molecule has 24 heavy (non-hydrogen) atoms. The van der Waals surface area contributed by atoms with Gasteiger partial charge >= 0.3 is 0 Å². The fourth-order valence-corrected chi connectivity index (χ4v) is 3.75. The number of halogens is 1. The van der Waals surface area contributed by atoms with Crippen LogP contribution in [0.1, 0.15) is 15.9 Å². The van der Waals surface area contributed by atoms with Crippen molar-refractivity contribution in [3.8, 4) is 0 Å². The van der Waals surface area contributed by atoms with Gasteiger partial charge in [0.25, 0.3) is 5.91 Å². The minimum atomic E-state index is -3.66. The molecule has 2 rings (SSSR count). The van der Waals surface area contributed by atoms with Crippen LogP contribution in [0.5, 0.6) is 0 Å². The van der Waals surface area contributed by atoms with Crippen LogP contribution in [-0.2, 0) is 10.0 Å². The third-order valence-corrected chi connectivity index (χ3v) is 5.23. The molecule has 0 saturated carbocycles. The first-order valence-electron chi connectivity index (χ1n) is 6.99. The normalized spacial score (nSPS) is 11.3. The Balaban J connectivity index is 2.21. The highest BCUT2D eigenvalue weighted by Crippen LogP contribution is 2.16. The van der Waals surface area contributed by atoms with Crippen LogP contribution in [0.15, 0.2) is 47.4 Å². The van der Waals surface area contributed by atoms with Gasteiger partial charge in [0.05, 0.1) is 10.8 Å². The van der Waals surface area contributed by atoms with Gasteiger partial charge in [-0.1, -0.05) is 6.07 Å². The van der Waals surface area contributed by atoms with Crippen LogP contribution in [0.25, 0.3) is 0 Å². The molecule has 0 saturated heterocycles. The van der Waals surface area contributed by atoms with E-state index in [0.29, 0.717) is 11.3 Å². The van der Waals surface area contributed by atoms with Crippen LogP contribution in [-0.4, -0.2) is 26.5 Å². The van der Waals surface area contributed by atoms with Gasteiger partial charge < -0.3 is 5.32 Å². The Kier molecular flexibility index (Phi) is 5.98. The first-order valence-corrected chi connectivity index (χ1v) is 9.87. The van der Waals surface area contributed by atoms with E-state index in [1.165, 1.54) is 54.2 Å². The van der Waals surface area contributed by atoms with Crippen LogP contribution < -0.4 is 10.0 Å². The summed E-state index contributed by atoms with van der Waals surface area (Å²) in [4.78, 5) is 12.3. The first kappa shape index (κ1) is 18.4. The van der Waals surface area contributed by atoms with E-state index in [-0.39, 0.29) is 22.2 Å². The minimum absolute atomic E-state index is 0.0134. The maximum atomic E-state index is 13.3. The van der Waals surface area contributed by atoms with Gasteiger partial charge in [0.15, 0.2) is 0 Å². The molecule has 5 nitrogen and oxygen atoms in total. The molecule has 2 aromatic carbocycles. The summed E-state index contributed by atoms with van der Waals surface area (Å²) in [6, 6.07) is 9.94. The molecule has 0 radical (unpaired) electrons. The zero-order valence-corrected chi connectivity index (χ0v) is 14.8. The lowest BCUT2D eigenvalue weighted by Gasteiger charge is -2.09. The van der Waals surface area contributed by atoms with E-state index in [9.17, 15) is 17.6 Å². The van der Waals surface area contributed by atoms with Gasteiger partial charge in [-0.3, -0.25) is 4.79 Å². The number of benzene rings is 2. The van der Waals surface area contributed by atoms with Crippen molar-refractivity contribution in [3.63, 3.8) is 0 Å². The van der Waals surface area contributed by atoms with E-state index in [1.807, 2.05) is 0 Å². The predicted octanol–water partition coefficient (Wildman–Crippen LogP) is 2.99. The summed E-state index contributed by atoms with van der Waals surface area (Å²) in [6.07, 6.45) is 1.77. The van der Waals surface area contributed by atoms with E-state index >= 15 is 0 Å². The Morgan fingerprint density at radius 3 is 2.62 bits per heavy atom. The summed E-state index contributed by atoms with van der Waals surface area (Å²) < 4.78 is 39.9. The van der Waals surface area contributed by atoms with Crippen LogP contribution >= 0.6 is 11.8 Å². The summed E-state index contributed by atoms with van der Waals surface area (Å²) in [6.45, 7) is 1.59. The van der Waals surface area contributed by atoms with Gasteiger partial charge in [0.1, 0.15) is 5.82 Å². The van der Waals surface area contributed by atoms with E-state index in [2.05, 4.69) is 10.0 Å².